The highest BCUT2D eigenvalue weighted by atomic mass is 28.4. The molecule has 29 heavy (non-hydrogen) atoms. The van der Waals surface area contributed by atoms with Gasteiger partial charge in [-0.3, -0.25) is 0 Å². The van der Waals surface area contributed by atoms with Gasteiger partial charge in [-0.1, -0.05) is 66.7 Å². The van der Waals surface area contributed by atoms with Crippen molar-refractivity contribution in [1.29, 1.82) is 0 Å². The molecule has 2 nitrogen and oxygen atoms in total. The molecule has 2 aliphatic rings. The lowest BCUT2D eigenvalue weighted by Crippen LogP contribution is -2.48. The van der Waals surface area contributed by atoms with E-state index in [0.29, 0.717) is 30.3 Å². The SMILES string of the molecule is CCC(O)(C#CCC(C)C1CCC2C(O[Si](CC)(CC)CC)CCC[C@]12C)CC. The summed E-state index contributed by atoms with van der Waals surface area (Å²) in [7, 11) is -1.55. The van der Waals surface area contributed by atoms with Crippen molar-refractivity contribution in [2.24, 2.45) is 23.2 Å². The first-order valence-electron chi connectivity index (χ1n) is 12.6. The van der Waals surface area contributed by atoms with Crippen molar-refractivity contribution in [3.05, 3.63) is 0 Å². The van der Waals surface area contributed by atoms with Crippen molar-refractivity contribution in [3.8, 4) is 11.8 Å². The van der Waals surface area contributed by atoms with Crippen molar-refractivity contribution in [2.75, 3.05) is 0 Å². The van der Waals surface area contributed by atoms with Crippen LogP contribution in [0.15, 0.2) is 0 Å². The van der Waals surface area contributed by atoms with Gasteiger partial charge < -0.3 is 9.53 Å². The van der Waals surface area contributed by atoms with Crippen molar-refractivity contribution >= 4 is 8.32 Å². The number of fused-ring (bicyclic) bond motifs is 1. The molecule has 0 amide bonds. The molecule has 0 radical (unpaired) electrons. The fourth-order valence-electron chi connectivity index (χ4n) is 6.50. The topological polar surface area (TPSA) is 29.5 Å². The van der Waals surface area contributed by atoms with Crippen LogP contribution in [0.5, 0.6) is 0 Å². The molecule has 3 heteroatoms. The molecule has 0 aromatic heterocycles. The molecule has 168 valence electrons. The molecule has 2 saturated carbocycles. The molecule has 0 aromatic carbocycles. The summed E-state index contributed by atoms with van der Waals surface area (Å²) in [5, 5.41) is 10.5. The van der Waals surface area contributed by atoms with Crippen molar-refractivity contribution in [1.82, 2.24) is 0 Å². The van der Waals surface area contributed by atoms with Gasteiger partial charge in [-0.25, -0.2) is 0 Å². The second-order valence-corrected chi connectivity index (χ2v) is 15.0. The Morgan fingerprint density at radius 2 is 1.69 bits per heavy atom. The molecular formula is C26H48O2Si. The molecule has 5 atom stereocenters. The molecule has 0 aromatic rings. The van der Waals surface area contributed by atoms with Gasteiger partial charge in [0.2, 0.25) is 0 Å². The lowest BCUT2D eigenvalue weighted by molar-refractivity contribution is -0.0189. The van der Waals surface area contributed by atoms with Crippen LogP contribution < -0.4 is 0 Å². The Bertz CT molecular complexity index is 561. The second kappa shape index (κ2) is 10.3. The van der Waals surface area contributed by atoms with Gasteiger partial charge >= 0.3 is 0 Å². The molecule has 0 bridgehead atoms. The zero-order valence-electron chi connectivity index (χ0n) is 20.4. The van der Waals surface area contributed by atoms with E-state index in [9.17, 15) is 5.11 Å². The van der Waals surface area contributed by atoms with Crippen LogP contribution in [0.25, 0.3) is 0 Å². The van der Waals surface area contributed by atoms with E-state index in [2.05, 4.69) is 46.5 Å². The van der Waals surface area contributed by atoms with E-state index in [0.717, 1.165) is 18.3 Å². The maximum Gasteiger partial charge on any atom is 0.192 e. The first kappa shape index (κ1) is 25.0. The maximum atomic E-state index is 10.5. The summed E-state index contributed by atoms with van der Waals surface area (Å²) in [5.74, 6) is 8.62. The highest BCUT2D eigenvalue weighted by Gasteiger charge is 2.53. The molecule has 0 spiro atoms. The summed E-state index contributed by atoms with van der Waals surface area (Å²) in [6.45, 7) is 16.1. The van der Waals surface area contributed by atoms with Gasteiger partial charge in [0, 0.05) is 12.5 Å². The zero-order valence-corrected chi connectivity index (χ0v) is 21.4. The Balaban J connectivity index is 2.10. The summed E-state index contributed by atoms with van der Waals surface area (Å²) in [6, 6.07) is 3.77. The van der Waals surface area contributed by atoms with Crippen LogP contribution in [-0.2, 0) is 4.43 Å². The summed E-state index contributed by atoms with van der Waals surface area (Å²) in [5.41, 5.74) is -0.384. The lowest BCUT2D eigenvalue weighted by Gasteiger charge is -2.48. The van der Waals surface area contributed by atoms with Crippen molar-refractivity contribution in [3.63, 3.8) is 0 Å². The number of rotatable bonds is 9. The molecule has 2 aliphatic carbocycles. The predicted octanol–water partition coefficient (Wildman–Crippen LogP) is 7.17. The Morgan fingerprint density at radius 3 is 2.24 bits per heavy atom. The van der Waals surface area contributed by atoms with Gasteiger partial charge in [-0.15, -0.1) is 0 Å². The number of hydrogen-bond donors (Lipinski definition) is 1. The van der Waals surface area contributed by atoms with Crippen LogP contribution >= 0.6 is 0 Å². The molecule has 2 fully saturated rings. The second-order valence-electron chi connectivity index (χ2n) is 10.3. The Labute approximate surface area is 182 Å². The number of hydrogen-bond acceptors (Lipinski definition) is 2. The average Bonchev–Trinajstić information content (AvgIpc) is 3.09. The van der Waals surface area contributed by atoms with Gasteiger partial charge in [0.1, 0.15) is 5.60 Å². The van der Waals surface area contributed by atoms with Crippen LogP contribution in [-0.4, -0.2) is 25.1 Å². The summed E-state index contributed by atoms with van der Waals surface area (Å²) in [6.07, 6.45) is 9.44. The molecule has 4 unspecified atom stereocenters. The summed E-state index contributed by atoms with van der Waals surface area (Å²) >= 11 is 0. The van der Waals surface area contributed by atoms with E-state index in [4.69, 9.17) is 4.43 Å². The third kappa shape index (κ3) is 5.31. The standard InChI is InChI=1S/C26H48O2Si/c1-8-26(27,9-2)20-13-15-21(6)22-17-18-23-24(16-14-19-25(22,23)7)28-29(10-3,11-4)12-5/h21-24,27H,8-12,14-19H2,1-7H3/t21?,22?,23?,24?,25-/m1/s1. The van der Waals surface area contributed by atoms with Gasteiger partial charge in [0.25, 0.3) is 0 Å². The molecule has 0 saturated heterocycles. The van der Waals surface area contributed by atoms with E-state index in [1.165, 1.54) is 50.2 Å². The van der Waals surface area contributed by atoms with Crippen molar-refractivity contribution in [2.45, 2.75) is 130 Å². The van der Waals surface area contributed by atoms with Crippen LogP contribution in [0.4, 0.5) is 0 Å². The Morgan fingerprint density at radius 1 is 1.07 bits per heavy atom. The molecule has 2 rings (SSSR count). The minimum Gasteiger partial charge on any atom is -0.414 e. The lowest BCUT2D eigenvalue weighted by atomic mass is 9.61. The van der Waals surface area contributed by atoms with E-state index in [1.54, 1.807) is 0 Å². The van der Waals surface area contributed by atoms with Crippen molar-refractivity contribution < 1.29 is 9.53 Å². The van der Waals surface area contributed by atoms with Crippen LogP contribution in [0.2, 0.25) is 18.1 Å². The van der Waals surface area contributed by atoms with E-state index in [1.807, 2.05) is 13.8 Å². The van der Waals surface area contributed by atoms with Gasteiger partial charge in [0.15, 0.2) is 8.32 Å². The maximum absolute atomic E-state index is 10.5. The third-order valence-corrected chi connectivity index (χ3v) is 13.7. The van der Waals surface area contributed by atoms with Crippen LogP contribution in [0, 0.1) is 35.0 Å². The van der Waals surface area contributed by atoms with Gasteiger partial charge in [0.05, 0.1) is 0 Å². The molecular weight excluding hydrogens is 372 g/mol. The normalized spacial score (nSPS) is 31.1. The quantitative estimate of drug-likeness (QED) is 0.316. The van der Waals surface area contributed by atoms with E-state index in [-0.39, 0.29) is 0 Å². The largest absolute Gasteiger partial charge is 0.414 e. The summed E-state index contributed by atoms with van der Waals surface area (Å²) < 4.78 is 7.07. The molecule has 0 heterocycles. The minimum absolute atomic E-state index is 0.408. The molecule has 1 N–H and O–H groups in total. The van der Waals surface area contributed by atoms with E-state index >= 15 is 0 Å². The average molecular weight is 421 g/mol. The predicted molar refractivity (Wildman–Crippen MR) is 127 cm³/mol. The monoisotopic (exact) mass is 420 g/mol. The Hall–Kier alpha value is -0.303. The van der Waals surface area contributed by atoms with E-state index < -0.39 is 13.9 Å². The minimum atomic E-state index is -1.55. The zero-order chi connectivity index (χ0) is 21.7. The Kier molecular flexibility index (Phi) is 8.90. The first-order valence-corrected chi connectivity index (χ1v) is 15.2. The number of aliphatic hydroxyl groups is 1. The summed E-state index contributed by atoms with van der Waals surface area (Å²) in [4.78, 5) is 0. The fourth-order valence-corrected chi connectivity index (χ4v) is 9.43. The highest BCUT2D eigenvalue weighted by Crippen LogP contribution is 2.59. The van der Waals surface area contributed by atoms with Crippen LogP contribution in [0.1, 0.15) is 99.8 Å². The van der Waals surface area contributed by atoms with Gasteiger partial charge in [-0.2, -0.15) is 0 Å². The van der Waals surface area contributed by atoms with Crippen LogP contribution in [0.3, 0.4) is 0 Å². The fraction of sp³-hybridized carbons (Fsp3) is 0.923. The first-order chi connectivity index (χ1) is 13.7. The highest BCUT2D eigenvalue weighted by molar-refractivity contribution is 6.73. The smallest absolute Gasteiger partial charge is 0.192 e. The third-order valence-electron chi connectivity index (χ3n) is 9.07. The molecule has 0 aliphatic heterocycles. The van der Waals surface area contributed by atoms with Gasteiger partial charge in [-0.05, 0) is 79.8 Å².